The van der Waals surface area contributed by atoms with Crippen LogP contribution in [0, 0.1) is 0 Å². The zero-order valence-corrected chi connectivity index (χ0v) is 13.3. The zero-order valence-electron chi connectivity index (χ0n) is 13.3. The second kappa shape index (κ2) is 7.96. The number of hydrogen-bond acceptors (Lipinski definition) is 6. The Labute approximate surface area is 134 Å². The molecule has 2 N–H and O–H groups in total. The standard InChI is InChI=1S/C15H22N2O6/c1-3-9-12(14(19)21-4-2)10(17-15(20)16-9)8-23-13(18)11-6-5-7-22-11/h9,11H,3-8H2,1-2H3,(H2,16,17,20)/t9-,11+/m1/s1. The lowest BCUT2D eigenvalue weighted by Crippen LogP contribution is -2.51. The number of carbonyl (C=O) groups is 3. The molecule has 2 aliphatic rings. The Balaban J connectivity index is 2.12. The average Bonchev–Trinajstić information content (AvgIpc) is 3.06. The van der Waals surface area contributed by atoms with Crippen LogP contribution in [-0.2, 0) is 23.8 Å². The van der Waals surface area contributed by atoms with Crippen molar-refractivity contribution in [3.8, 4) is 0 Å². The molecule has 0 bridgehead atoms. The third kappa shape index (κ3) is 4.22. The lowest BCUT2D eigenvalue weighted by atomic mass is 10.0. The number of carbonyl (C=O) groups excluding carboxylic acids is 3. The van der Waals surface area contributed by atoms with Crippen molar-refractivity contribution in [1.29, 1.82) is 0 Å². The Kier molecular flexibility index (Phi) is 5.97. The van der Waals surface area contributed by atoms with E-state index in [-0.39, 0.29) is 24.5 Å². The van der Waals surface area contributed by atoms with Gasteiger partial charge in [-0.05, 0) is 26.2 Å². The van der Waals surface area contributed by atoms with Crippen LogP contribution in [-0.4, -0.2) is 49.9 Å². The molecule has 0 radical (unpaired) electrons. The maximum Gasteiger partial charge on any atom is 0.338 e. The Morgan fingerprint density at radius 3 is 2.70 bits per heavy atom. The van der Waals surface area contributed by atoms with Crippen molar-refractivity contribution in [3.63, 3.8) is 0 Å². The molecule has 2 aliphatic heterocycles. The molecular formula is C15H22N2O6. The summed E-state index contributed by atoms with van der Waals surface area (Å²) in [6.07, 6.45) is 1.38. The Bertz CT molecular complexity index is 510. The fourth-order valence-electron chi connectivity index (χ4n) is 2.58. The van der Waals surface area contributed by atoms with E-state index in [1.807, 2.05) is 6.92 Å². The van der Waals surface area contributed by atoms with Gasteiger partial charge in [-0.3, -0.25) is 0 Å². The van der Waals surface area contributed by atoms with Crippen molar-refractivity contribution in [3.05, 3.63) is 11.3 Å². The summed E-state index contributed by atoms with van der Waals surface area (Å²) in [6.45, 7) is 4.10. The van der Waals surface area contributed by atoms with Crippen LogP contribution >= 0.6 is 0 Å². The van der Waals surface area contributed by atoms with E-state index in [1.54, 1.807) is 6.92 Å². The van der Waals surface area contributed by atoms with Gasteiger partial charge in [-0.2, -0.15) is 0 Å². The van der Waals surface area contributed by atoms with Gasteiger partial charge in [0.1, 0.15) is 6.61 Å². The summed E-state index contributed by atoms with van der Waals surface area (Å²) in [7, 11) is 0. The first kappa shape index (κ1) is 17.3. The van der Waals surface area contributed by atoms with Gasteiger partial charge in [0.25, 0.3) is 0 Å². The molecule has 2 amide bonds. The van der Waals surface area contributed by atoms with Gasteiger partial charge in [-0.25, -0.2) is 14.4 Å². The van der Waals surface area contributed by atoms with Gasteiger partial charge in [-0.15, -0.1) is 0 Å². The van der Waals surface area contributed by atoms with Gasteiger partial charge in [0, 0.05) is 6.61 Å². The largest absolute Gasteiger partial charge is 0.463 e. The van der Waals surface area contributed by atoms with Gasteiger partial charge in [0.15, 0.2) is 6.10 Å². The second-order valence-corrected chi connectivity index (χ2v) is 5.28. The molecule has 0 aromatic carbocycles. The third-order valence-electron chi connectivity index (χ3n) is 3.70. The van der Waals surface area contributed by atoms with E-state index in [9.17, 15) is 14.4 Å². The smallest absolute Gasteiger partial charge is 0.338 e. The molecule has 2 atom stereocenters. The Morgan fingerprint density at radius 1 is 1.30 bits per heavy atom. The molecule has 0 saturated carbocycles. The summed E-state index contributed by atoms with van der Waals surface area (Å²) in [5.74, 6) is -1.02. The highest BCUT2D eigenvalue weighted by Crippen LogP contribution is 2.18. The minimum atomic E-state index is -0.568. The Morgan fingerprint density at radius 2 is 2.09 bits per heavy atom. The minimum Gasteiger partial charge on any atom is -0.463 e. The van der Waals surface area contributed by atoms with E-state index in [0.717, 1.165) is 6.42 Å². The summed E-state index contributed by atoms with van der Waals surface area (Å²) in [4.78, 5) is 35.8. The molecule has 1 saturated heterocycles. The predicted molar refractivity (Wildman–Crippen MR) is 79.3 cm³/mol. The van der Waals surface area contributed by atoms with Crippen molar-refractivity contribution in [2.75, 3.05) is 19.8 Å². The molecule has 0 aromatic heterocycles. The van der Waals surface area contributed by atoms with Crippen LogP contribution in [0.3, 0.4) is 0 Å². The van der Waals surface area contributed by atoms with E-state index < -0.39 is 30.1 Å². The molecule has 0 aliphatic carbocycles. The summed E-state index contributed by atoms with van der Waals surface area (Å²) < 4.78 is 15.5. The van der Waals surface area contributed by atoms with Crippen LogP contribution in [0.25, 0.3) is 0 Å². The Hall–Kier alpha value is -2.09. The van der Waals surface area contributed by atoms with E-state index >= 15 is 0 Å². The van der Waals surface area contributed by atoms with E-state index in [4.69, 9.17) is 14.2 Å². The molecule has 2 rings (SSSR count). The van der Waals surface area contributed by atoms with E-state index in [1.165, 1.54) is 0 Å². The van der Waals surface area contributed by atoms with Crippen LogP contribution in [0.2, 0.25) is 0 Å². The number of nitrogens with one attached hydrogen (secondary N) is 2. The number of amides is 2. The average molecular weight is 326 g/mol. The predicted octanol–water partition coefficient (Wildman–Crippen LogP) is 0.617. The van der Waals surface area contributed by atoms with Gasteiger partial charge >= 0.3 is 18.0 Å². The molecule has 8 heteroatoms. The van der Waals surface area contributed by atoms with Crippen LogP contribution in [0.5, 0.6) is 0 Å². The summed E-state index contributed by atoms with van der Waals surface area (Å²) in [6, 6.07) is -0.910. The molecule has 0 unspecified atom stereocenters. The summed E-state index contributed by atoms with van der Waals surface area (Å²) in [5.41, 5.74) is 0.541. The number of esters is 2. The topological polar surface area (TPSA) is 103 Å². The van der Waals surface area contributed by atoms with E-state index in [0.29, 0.717) is 19.4 Å². The molecule has 1 fully saturated rings. The fraction of sp³-hybridized carbons (Fsp3) is 0.667. The highest BCUT2D eigenvalue weighted by molar-refractivity contribution is 5.94. The van der Waals surface area contributed by atoms with Gasteiger partial charge in [0.05, 0.1) is 23.9 Å². The van der Waals surface area contributed by atoms with Crippen molar-refractivity contribution in [1.82, 2.24) is 10.6 Å². The first-order chi connectivity index (χ1) is 11.1. The first-order valence-corrected chi connectivity index (χ1v) is 7.82. The van der Waals surface area contributed by atoms with Crippen LogP contribution in [0.15, 0.2) is 11.3 Å². The van der Waals surface area contributed by atoms with Crippen molar-refractivity contribution < 1.29 is 28.6 Å². The molecule has 2 heterocycles. The SMILES string of the molecule is CCOC(=O)C1=C(COC(=O)[C@@H]2CCCO2)NC(=O)N[C@@H]1CC. The first-order valence-electron chi connectivity index (χ1n) is 7.82. The normalized spacial score (nSPS) is 24.0. The minimum absolute atomic E-state index is 0.198. The van der Waals surface area contributed by atoms with Gasteiger partial charge in [-0.1, -0.05) is 6.92 Å². The maximum absolute atomic E-state index is 12.1. The molecule has 0 aromatic rings. The summed E-state index contributed by atoms with van der Waals surface area (Å²) in [5, 5.41) is 5.18. The number of hydrogen-bond donors (Lipinski definition) is 2. The quantitative estimate of drug-likeness (QED) is 0.694. The lowest BCUT2D eigenvalue weighted by molar-refractivity contribution is -0.153. The van der Waals surface area contributed by atoms with Crippen molar-refractivity contribution in [2.24, 2.45) is 0 Å². The highest BCUT2D eigenvalue weighted by atomic mass is 16.6. The summed E-state index contributed by atoms with van der Waals surface area (Å²) >= 11 is 0. The number of ether oxygens (including phenoxy) is 3. The van der Waals surface area contributed by atoms with E-state index in [2.05, 4.69) is 10.6 Å². The fourth-order valence-corrected chi connectivity index (χ4v) is 2.58. The maximum atomic E-state index is 12.1. The monoisotopic (exact) mass is 326 g/mol. The molecule has 0 spiro atoms. The highest BCUT2D eigenvalue weighted by Gasteiger charge is 2.33. The van der Waals surface area contributed by atoms with Gasteiger partial charge < -0.3 is 24.8 Å². The number of urea groups is 1. The van der Waals surface area contributed by atoms with Crippen molar-refractivity contribution >= 4 is 18.0 Å². The molecule has 128 valence electrons. The van der Waals surface area contributed by atoms with Crippen molar-refractivity contribution in [2.45, 2.75) is 45.3 Å². The molecular weight excluding hydrogens is 304 g/mol. The van der Waals surface area contributed by atoms with Crippen LogP contribution < -0.4 is 10.6 Å². The molecule has 8 nitrogen and oxygen atoms in total. The molecule has 23 heavy (non-hydrogen) atoms. The van der Waals surface area contributed by atoms with Gasteiger partial charge in [0.2, 0.25) is 0 Å². The number of rotatable bonds is 6. The third-order valence-corrected chi connectivity index (χ3v) is 3.70. The van der Waals surface area contributed by atoms with Crippen LogP contribution in [0.4, 0.5) is 4.79 Å². The zero-order chi connectivity index (χ0) is 16.8. The lowest BCUT2D eigenvalue weighted by Gasteiger charge is -2.28. The van der Waals surface area contributed by atoms with Crippen LogP contribution in [0.1, 0.15) is 33.1 Å². The second-order valence-electron chi connectivity index (χ2n) is 5.28.